The number of aromatic nitrogens is 1. The SMILES string of the molecule is CN1CCSCC1C(=O)Cc1nc(-c2ccccc2)cs1. The number of thiazole rings is 1. The maximum absolute atomic E-state index is 12.4. The molecule has 2 aromatic rings. The second-order valence-electron chi connectivity index (χ2n) is 5.21. The van der Waals surface area contributed by atoms with E-state index in [0.717, 1.165) is 34.3 Å². The van der Waals surface area contributed by atoms with Gasteiger partial charge in [0.2, 0.25) is 0 Å². The molecule has 0 spiro atoms. The molecule has 0 bridgehead atoms. The zero-order valence-electron chi connectivity index (χ0n) is 12.0. The molecule has 1 atom stereocenters. The summed E-state index contributed by atoms with van der Waals surface area (Å²) in [5.41, 5.74) is 2.08. The van der Waals surface area contributed by atoms with Crippen LogP contribution in [0.3, 0.4) is 0 Å². The van der Waals surface area contributed by atoms with Gasteiger partial charge in [-0.2, -0.15) is 11.8 Å². The number of hydrogen-bond acceptors (Lipinski definition) is 5. The molecule has 5 heteroatoms. The monoisotopic (exact) mass is 318 g/mol. The molecule has 0 amide bonds. The number of likely N-dealkylation sites (N-methyl/N-ethyl adjacent to an activating group) is 1. The first-order valence-corrected chi connectivity index (χ1v) is 9.08. The van der Waals surface area contributed by atoms with Gasteiger partial charge in [0.25, 0.3) is 0 Å². The predicted octanol–water partition coefficient (Wildman–Crippen LogP) is 2.97. The van der Waals surface area contributed by atoms with Crippen molar-refractivity contribution in [3.05, 3.63) is 40.7 Å². The van der Waals surface area contributed by atoms with E-state index < -0.39 is 0 Å². The minimum atomic E-state index is 0.0489. The number of rotatable bonds is 4. The van der Waals surface area contributed by atoms with E-state index >= 15 is 0 Å². The lowest BCUT2D eigenvalue weighted by molar-refractivity contribution is -0.122. The predicted molar refractivity (Wildman–Crippen MR) is 90.0 cm³/mol. The summed E-state index contributed by atoms with van der Waals surface area (Å²) in [5.74, 6) is 2.32. The van der Waals surface area contributed by atoms with E-state index in [1.807, 2.05) is 54.5 Å². The Morgan fingerprint density at radius 3 is 2.95 bits per heavy atom. The first-order valence-electron chi connectivity index (χ1n) is 7.04. The molecule has 1 aromatic carbocycles. The molecule has 2 heterocycles. The van der Waals surface area contributed by atoms with Gasteiger partial charge in [-0.15, -0.1) is 11.3 Å². The van der Waals surface area contributed by atoms with Gasteiger partial charge in [-0.1, -0.05) is 30.3 Å². The Morgan fingerprint density at radius 1 is 1.38 bits per heavy atom. The van der Waals surface area contributed by atoms with Gasteiger partial charge in [0, 0.05) is 29.0 Å². The molecule has 1 fully saturated rings. The van der Waals surface area contributed by atoms with Crippen LogP contribution in [0.25, 0.3) is 11.3 Å². The molecule has 3 nitrogen and oxygen atoms in total. The van der Waals surface area contributed by atoms with Crippen molar-refractivity contribution in [1.82, 2.24) is 9.88 Å². The molecule has 1 aromatic heterocycles. The average molecular weight is 318 g/mol. The number of carbonyl (C=O) groups excluding carboxylic acids is 1. The van der Waals surface area contributed by atoms with Crippen LogP contribution in [-0.2, 0) is 11.2 Å². The molecule has 0 N–H and O–H groups in total. The van der Waals surface area contributed by atoms with Crippen LogP contribution >= 0.6 is 23.1 Å². The number of benzene rings is 1. The van der Waals surface area contributed by atoms with Crippen LogP contribution in [0.1, 0.15) is 5.01 Å². The maximum Gasteiger partial charge on any atom is 0.157 e. The van der Waals surface area contributed by atoms with Gasteiger partial charge in [-0.05, 0) is 7.05 Å². The van der Waals surface area contributed by atoms with Crippen LogP contribution in [0.15, 0.2) is 35.7 Å². The van der Waals surface area contributed by atoms with Crippen molar-refractivity contribution in [2.45, 2.75) is 12.5 Å². The van der Waals surface area contributed by atoms with E-state index in [-0.39, 0.29) is 6.04 Å². The Hall–Kier alpha value is -1.17. The van der Waals surface area contributed by atoms with Gasteiger partial charge >= 0.3 is 0 Å². The highest BCUT2D eigenvalue weighted by molar-refractivity contribution is 7.99. The minimum absolute atomic E-state index is 0.0489. The highest BCUT2D eigenvalue weighted by Gasteiger charge is 2.26. The van der Waals surface area contributed by atoms with Gasteiger partial charge in [0.05, 0.1) is 18.2 Å². The van der Waals surface area contributed by atoms with Crippen LogP contribution < -0.4 is 0 Å². The molecule has 3 rings (SSSR count). The van der Waals surface area contributed by atoms with Crippen molar-refractivity contribution in [2.75, 3.05) is 25.1 Å². The van der Waals surface area contributed by atoms with E-state index in [1.54, 1.807) is 11.3 Å². The van der Waals surface area contributed by atoms with Crippen molar-refractivity contribution in [3.63, 3.8) is 0 Å². The molecular weight excluding hydrogens is 300 g/mol. The number of thioether (sulfide) groups is 1. The largest absolute Gasteiger partial charge is 0.297 e. The zero-order chi connectivity index (χ0) is 14.7. The van der Waals surface area contributed by atoms with Crippen molar-refractivity contribution < 1.29 is 4.79 Å². The molecular formula is C16H18N2OS2. The third kappa shape index (κ3) is 3.54. The van der Waals surface area contributed by atoms with Crippen LogP contribution in [-0.4, -0.2) is 46.8 Å². The molecule has 1 aliphatic rings. The van der Waals surface area contributed by atoms with E-state index in [2.05, 4.69) is 9.88 Å². The minimum Gasteiger partial charge on any atom is -0.297 e. The molecule has 1 aliphatic heterocycles. The van der Waals surface area contributed by atoms with E-state index in [1.165, 1.54) is 0 Å². The van der Waals surface area contributed by atoms with Crippen LogP contribution in [0.5, 0.6) is 0 Å². The van der Waals surface area contributed by atoms with Crippen molar-refractivity contribution in [1.29, 1.82) is 0 Å². The normalized spacial score (nSPS) is 19.6. The fraction of sp³-hybridized carbons (Fsp3) is 0.375. The summed E-state index contributed by atoms with van der Waals surface area (Å²) in [7, 11) is 2.04. The number of ketones is 1. The summed E-state index contributed by atoms with van der Waals surface area (Å²) in [6, 6.07) is 10.2. The van der Waals surface area contributed by atoms with Crippen LogP contribution in [0.2, 0.25) is 0 Å². The third-order valence-corrected chi connectivity index (χ3v) is 5.59. The lowest BCUT2D eigenvalue weighted by Crippen LogP contribution is -2.45. The highest BCUT2D eigenvalue weighted by atomic mass is 32.2. The lowest BCUT2D eigenvalue weighted by atomic mass is 10.1. The summed E-state index contributed by atoms with van der Waals surface area (Å²) >= 11 is 3.45. The van der Waals surface area contributed by atoms with E-state index in [9.17, 15) is 4.79 Å². The zero-order valence-corrected chi connectivity index (χ0v) is 13.6. The van der Waals surface area contributed by atoms with Gasteiger partial charge < -0.3 is 0 Å². The summed E-state index contributed by atoms with van der Waals surface area (Å²) in [6.07, 6.45) is 0.451. The molecule has 110 valence electrons. The molecule has 0 radical (unpaired) electrons. The summed E-state index contributed by atoms with van der Waals surface area (Å²) in [6.45, 7) is 0.994. The number of carbonyl (C=O) groups is 1. The molecule has 21 heavy (non-hydrogen) atoms. The summed E-state index contributed by atoms with van der Waals surface area (Å²) in [4.78, 5) is 19.2. The molecule has 0 aliphatic carbocycles. The quantitative estimate of drug-likeness (QED) is 0.868. The first-order chi connectivity index (χ1) is 10.2. The van der Waals surface area contributed by atoms with Gasteiger partial charge in [0.15, 0.2) is 5.78 Å². The highest BCUT2D eigenvalue weighted by Crippen LogP contribution is 2.23. The summed E-state index contributed by atoms with van der Waals surface area (Å²) in [5, 5.41) is 2.96. The van der Waals surface area contributed by atoms with Crippen molar-refractivity contribution in [3.8, 4) is 11.3 Å². The van der Waals surface area contributed by atoms with Crippen LogP contribution in [0.4, 0.5) is 0 Å². The fourth-order valence-electron chi connectivity index (χ4n) is 2.43. The lowest BCUT2D eigenvalue weighted by Gasteiger charge is -2.30. The van der Waals surface area contributed by atoms with Crippen LogP contribution in [0, 0.1) is 0 Å². The number of nitrogens with zero attached hydrogens (tertiary/aromatic N) is 2. The van der Waals surface area contributed by atoms with E-state index in [0.29, 0.717) is 12.2 Å². The number of Topliss-reactive ketones (excluding diaryl/α,β-unsaturated/α-hetero) is 1. The standard InChI is InChI=1S/C16H18N2OS2/c1-18-7-8-20-11-14(18)15(19)9-16-17-13(10-21-16)12-5-3-2-4-6-12/h2-6,10,14H,7-9,11H2,1H3. The second kappa shape index (κ2) is 6.73. The Kier molecular flexibility index (Phi) is 4.73. The molecule has 1 unspecified atom stereocenters. The Bertz CT molecular complexity index is 612. The molecule has 1 saturated heterocycles. The summed E-state index contributed by atoms with van der Waals surface area (Å²) < 4.78 is 0. The smallest absolute Gasteiger partial charge is 0.157 e. The van der Waals surface area contributed by atoms with Crippen molar-refractivity contribution in [2.24, 2.45) is 0 Å². The second-order valence-corrected chi connectivity index (χ2v) is 7.30. The number of hydrogen-bond donors (Lipinski definition) is 0. The van der Waals surface area contributed by atoms with E-state index in [4.69, 9.17) is 0 Å². The topological polar surface area (TPSA) is 33.2 Å². The van der Waals surface area contributed by atoms with Crippen molar-refractivity contribution >= 4 is 28.9 Å². The first kappa shape index (κ1) is 14.8. The average Bonchev–Trinajstić information content (AvgIpc) is 2.97. The van der Waals surface area contributed by atoms with Gasteiger partial charge in [-0.3, -0.25) is 9.69 Å². The maximum atomic E-state index is 12.4. The Labute approximate surface area is 133 Å². The fourth-order valence-corrected chi connectivity index (χ4v) is 4.49. The Balaban J connectivity index is 1.68. The van der Waals surface area contributed by atoms with Gasteiger partial charge in [-0.25, -0.2) is 4.98 Å². The Morgan fingerprint density at radius 2 is 2.19 bits per heavy atom. The van der Waals surface area contributed by atoms with Gasteiger partial charge in [0.1, 0.15) is 5.01 Å². The molecule has 0 saturated carbocycles. The third-order valence-electron chi connectivity index (χ3n) is 3.71.